The molecule has 0 aliphatic rings. The van der Waals surface area contributed by atoms with E-state index in [9.17, 15) is 14.4 Å². The smallest absolute Gasteiger partial charge is 0.176 e. The highest BCUT2D eigenvalue weighted by Crippen LogP contribution is 2.20. The Morgan fingerprint density at radius 2 is 2.00 bits per heavy atom. The van der Waals surface area contributed by atoms with Gasteiger partial charge in [-0.1, -0.05) is 22.4 Å². The number of hydrogen-bond donors (Lipinski definition) is 1. The largest absolute Gasteiger partial charge is 0.497 e. The number of rotatable bonds is 9. The van der Waals surface area contributed by atoms with Gasteiger partial charge in [0.05, 0.1) is 18.0 Å². The fourth-order valence-corrected chi connectivity index (χ4v) is 3.07. The van der Waals surface area contributed by atoms with Gasteiger partial charge in [-0.25, -0.2) is 9.02 Å². The molecule has 0 fully saturated rings. The zero-order valence-electron chi connectivity index (χ0n) is 15.8. The summed E-state index contributed by atoms with van der Waals surface area (Å²) in [6.45, 7) is -0.198. The van der Waals surface area contributed by atoms with Crippen molar-refractivity contribution >= 4 is 27.4 Å². The average Bonchev–Trinajstić information content (AvgIpc) is 3.21. The second kappa shape index (κ2) is 9.97. The van der Waals surface area contributed by atoms with Crippen molar-refractivity contribution in [1.29, 1.82) is 0 Å². The molecular weight excluding hydrogens is 461 g/mol. The Labute approximate surface area is 179 Å². The summed E-state index contributed by atoms with van der Waals surface area (Å²) >= 11 is 3.11. The molecule has 0 aliphatic heterocycles. The Bertz CT molecular complexity index is 1070. The maximum atomic E-state index is 13.4. The summed E-state index contributed by atoms with van der Waals surface area (Å²) in [5, 5.41) is 20.1. The number of ether oxygens (including phenoxy) is 2. The van der Waals surface area contributed by atoms with E-state index >= 15 is 0 Å². The second-order valence-corrected chi connectivity index (χ2v) is 7.07. The molecule has 156 valence electrons. The van der Waals surface area contributed by atoms with Crippen LogP contribution in [0.3, 0.4) is 0 Å². The number of benzene rings is 2. The number of oxime groups is 1. The molecule has 30 heavy (non-hydrogen) atoms. The molecule has 0 radical (unpaired) electrons. The standard InChI is InChI=1S/C20H17BrFN3O5/c1-28-14-3-2-4-15(10-14)29-11-13(26)9-19-20(25-30-24-19)18(23-27)8-12-5-6-17(22)16(21)7-12/h2-7,10,27H,8-9,11H2,1H3. The third-order valence-electron chi connectivity index (χ3n) is 4.11. The van der Waals surface area contributed by atoms with Crippen LogP contribution in [0.25, 0.3) is 0 Å². The first-order valence-electron chi connectivity index (χ1n) is 8.75. The maximum absolute atomic E-state index is 13.4. The molecular formula is C20H17BrFN3O5. The molecule has 0 bridgehead atoms. The predicted octanol–water partition coefficient (Wildman–Crippen LogP) is 3.59. The second-order valence-electron chi connectivity index (χ2n) is 6.21. The van der Waals surface area contributed by atoms with E-state index in [0.717, 1.165) is 0 Å². The fourth-order valence-electron chi connectivity index (χ4n) is 2.64. The Kier molecular flexibility index (Phi) is 7.12. The number of carbonyl (C=O) groups is 1. The van der Waals surface area contributed by atoms with Crippen molar-refractivity contribution in [3.8, 4) is 11.5 Å². The highest BCUT2D eigenvalue weighted by Gasteiger charge is 2.20. The van der Waals surface area contributed by atoms with Crippen molar-refractivity contribution in [2.45, 2.75) is 12.8 Å². The lowest BCUT2D eigenvalue weighted by Gasteiger charge is -2.07. The van der Waals surface area contributed by atoms with Gasteiger partial charge in [0.1, 0.15) is 35.3 Å². The normalized spacial score (nSPS) is 11.4. The van der Waals surface area contributed by atoms with Gasteiger partial charge in [-0.05, 0) is 50.9 Å². The fraction of sp³-hybridized carbons (Fsp3) is 0.200. The average molecular weight is 478 g/mol. The van der Waals surface area contributed by atoms with Crippen molar-refractivity contribution in [3.05, 3.63) is 69.7 Å². The molecule has 1 N–H and O–H groups in total. The monoisotopic (exact) mass is 477 g/mol. The van der Waals surface area contributed by atoms with Crippen LogP contribution in [0.4, 0.5) is 4.39 Å². The van der Waals surface area contributed by atoms with Crippen LogP contribution < -0.4 is 9.47 Å². The minimum Gasteiger partial charge on any atom is -0.497 e. The summed E-state index contributed by atoms with van der Waals surface area (Å²) in [7, 11) is 1.54. The maximum Gasteiger partial charge on any atom is 0.176 e. The summed E-state index contributed by atoms with van der Waals surface area (Å²) in [6, 6.07) is 11.3. The molecule has 0 atom stereocenters. The van der Waals surface area contributed by atoms with Crippen molar-refractivity contribution in [1.82, 2.24) is 10.3 Å². The molecule has 10 heteroatoms. The van der Waals surface area contributed by atoms with Gasteiger partial charge in [0, 0.05) is 12.5 Å². The van der Waals surface area contributed by atoms with Crippen LogP contribution in [0.1, 0.15) is 17.0 Å². The predicted molar refractivity (Wildman–Crippen MR) is 108 cm³/mol. The van der Waals surface area contributed by atoms with Crippen molar-refractivity contribution in [3.63, 3.8) is 0 Å². The quantitative estimate of drug-likeness (QED) is 0.285. The number of methoxy groups -OCH3 is 1. The van der Waals surface area contributed by atoms with Gasteiger partial charge in [0.2, 0.25) is 0 Å². The van der Waals surface area contributed by atoms with Gasteiger partial charge in [-0.15, -0.1) is 0 Å². The number of hydrogen-bond acceptors (Lipinski definition) is 8. The zero-order chi connectivity index (χ0) is 21.5. The number of halogens is 2. The van der Waals surface area contributed by atoms with Crippen molar-refractivity contribution in [2.24, 2.45) is 5.16 Å². The molecule has 3 aromatic rings. The minimum absolute atomic E-state index is 0.130. The number of ketones is 1. The van der Waals surface area contributed by atoms with Crippen molar-refractivity contribution in [2.75, 3.05) is 13.7 Å². The Morgan fingerprint density at radius 3 is 2.73 bits per heavy atom. The van der Waals surface area contributed by atoms with Crippen LogP contribution in [0, 0.1) is 5.82 Å². The Morgan fingerprint density at radius 1 is 1.20 bits per heavy atom. The van der Waals surface area contributed by atoms with Crippen LogP contribution in [0.15, 0.2) is 56.7 Å². The van der Waals surface area contributed by atoms with Gasteiger partial charge in [-0.2, -0.15) is 0 Å². The lowest BCUT2D eigenvalue weighted by Crippen LogP contribution is -2.17. The number of aromatic nitrogens is 2. The van der Waals surface area contributed by atoms with Crippen LogP contribution >= 0.6 is 15.9 Å². The lowest BCUT2D eigenvalue weighted by atomic mass is 10.0. The Balaban J connectivity index is 1.65. The first kappa shape index (κ1) is 21.4. The van der Waals surface area contributed by atoms with E-state index in [0.29, 0.717) is 17.1 Å². The van der Waals surface area contributed by atoms with Crippen LogP contribution in [-0.4, -0.2) is 40.7 Å². The highest BCUT2D eigenvalue weighted by molar-refractivity contribution is 9.10. The SMILES string of the molecule is COc1cccc(OCC(=O)Cc2nonc2C(Cc2ccc(F)c(Br)c2)=NO)c1. The van der Waals surface area contributed by atoms with Gasteiger partial charge in [0.25, 0.3) is 0 Å². The highest BCUT2D eigenvalue weighted by atomic mass is 79.9. The lowest BCUT2D eigenvalue weighted by molar-refractivity contribution is -0.120. The summed E-state index contributed by atoms with van der Waals surface area (Å²) in [4.78, 5) is 12.3. The molecule has 0 amide bonds. The molecule has 1 heterocycles. The van der Waals surface area contributed by atoms with E-state index in [1.54, 1.807) is 36.4 Å². The van der Waals surface area contributed by atoms with Crippen LogP contribution in [0.2, 0.25) is 0 Å². The number of nitrogens with zero attached hydrogens (tertiary/aromatic N) is 3. The van der Waals surface area contributed by atoms with E-state index in [-0.39, 0.29) is 46.8 Å². The molecule has 0 saturated carbocycles. The number of Topliss-reactive ketones (excluding diaryl/α,β-unsaturated/α-hetero) is 1. The molecule has 2 aromatic carbocycles. The summed E-state index contributed by atoms with van der Waals surface area (Å²) < 4.78 is 29.0. The van der Waals surface area contributed by atoms with Gasteiger partial charge in [-0.3, -0.25) is 4.79 Å². The molecule has 3 rings (SSSR count). The molecule has 0 aliphatic carbocycles. The van der Waals surface area contributed by atoms with E-state index in [2.05, 4.69) is 31.4 Å². The first-order valence-corrected chi connectivity index (χ1v) is 9.54. The molecule has 1 aromatic heterocycles. The minimum atomic E-state index is -0.410. The van der Waals surface area contributed by atoms with E-state index in [1.165, 1.54) is 13.2 Å². The number of carbonyl (C=O) groups excluding carboxylic acids is 1. The van der Waals surface area contributed by atoms with Crippen LogP contribution in [-0.2, 0) is 17.6 Å². The van der Waals surface area contributed by atoms with E-state index in [1.807, 2.05) is 0 Å². The van der Waals surface area contributed by atoms with Gasteiger partial charge < -0.3 is 14.7 Å². The summed E-state index contributed by atoms with van der Waals surface area (Å²) in [5.41, 5.74) is 1.15. The molecule has 8 nitrogen and oxygen atoms in total. The molecule has 0 saturated heterocycles. The van der Waals surface area contributed by atoms with E-state index < -0.39 is 5.82 Å². The van der Waals surface area contributed by atoms with Gasteiger partial charge in [0.15, 0.2) is 11.5 Å². The third-order valence-corrected chi connectivity index (χ3v) is 4.72. The summed E-state index contributed by atoms with van der Waals surface area (Å²) in [5.74, 6) is 0.406. The zero-order valence-corrected chi connectivity index (χ0v) is 17.4. The topological polar surface area (TPSA) is 107 Å². The van der Waals surface area contributed by atoms with Crippen LogP contribution in [0.5, 0.6) is 11.5 Å². The Hall–Kier alpha value is -3.27. The molecule has 0 unspecified atom stereocenters. The third kappa shape index (κ3) is 5.41. The first-order chi connectivity index (χ1) is 14.5. The van der Waals surface area contributed by atoms with E-state index in [4.69, 9.17) is 14.1 Å². The van der Waals surface area contributed by atoms with Crippen molar-refractivity contribution < 1.29 is 28.5 Å². The molecule has 0 spiro atoms. The summed E-state index contributed by atoms with van der Waals surface area (Å²) in [6.07, 6.45) is 0.0000276. The van der Waals surface area contributed by atoms with Gasteiger partial charge >= 0.3 is 0 Å².